The second-order valence-corrected chi connectivity index (χ2v) is 5.58. The van der Waals surface area contributed by atoms with Gasteiger partial charge in [-0.25, -0.2) is 0 Å². The number of nitrogens with zero attached hydrogens (tertiary/aromatic N) is 1. The minimum Gasteiger partial charge on any atom is -0.476 e. The van der Waals surface area contributed by atoms with Gasteiger partial charge in [-0.3, -0.25) is 0 Å². The van der Waals surface area contributed by atoms with E-state index in [4.69, 9.17) is 9.26 Å². The third-order valence-electron chi connectivity index (χ3n) is 2.33. The van der Waals surface area contributed by atoms with Gasteiger partial charge in [0.15, 0.2) is 5.76 Å². The fourth-order valence-corrected chi connectivity index (χ4v) is 3.05. The van der Waals surface area contributed by atoms with Crippen LogP contribution in [0.25, 0.3) is 4.91 Å². The van der Waals surface area contributed by atoms with E-state index < -0.39 is 0 Å². The molecule has 0 radical (unpaired) electrons. The molecule has 0 saturated carbocycles. The van der Waals surface area contributed by atoms with Gasteiger partial charge >= 0.3 is 0 Å². The average molecular weight is 316 g/mol. The van der Waals surface area contributed by atoms with Crippen LogP contribution in [-0.2, 0) is 5.33 Å². The Balaban J connectivity index is 2.32. The van der Waals surface area contributed by atoms with Gasteiger partial charge in [0.2, 0.25) is 0 Å². The molecule has 0 spiro atoms. The molecule has 0 saturated heterocycles. The second-order valence-electron chi connectivity index (χ2n) is 3.60. The number of hydrogen-bond donors (Lipinski definition) is 0. The standard InChI is InChI=1S/C12H14BrNO2S/c1-3-15-12-9(7-13)11(16-14-12)10-6-4-5-8(2)17-10/h4-6,8H,3,7H2,1-2H3. The van der Waals surface area contributed by atoms with Crippen molar-refractivity contribution < 1.29 is 9.26 Å². The third kappa shape index (κ3) is 2.77. The molecule has 5 heteroatoms. The van der Waals surface area contributed by atoms with Crippen molar-refractivity contribution in [2.45, 2.75) is 24.4 Å². The van der Waals surface area contributed by atoms with Gasteiger partial charge in [-0.1, -0.05) is 28.1 Å². The van der Waals surface area contributed by atoms with Crippen LogP contribution in [-0.4, -0.2) is 17.0 Å². The molecule has 0 fully saturated rings. The molecule has 1 atom stereocenters. The zero-order chi connectivity index (χ0) is 12.3. The van der Waals surface area contributed by atoms with Gasteiger partial charge in [-0.15, -0.1) is 11.8 Å². The van der Waals surface area contributed by atoms with Crippen molar-refractivity contribution in [3.8, 4) is 5.88 Å². The summed E-state index contributed by atoms with van der Waals surface area (Å²) in [7, 11) is 0. The molecule has 0 aliphatic carbocycles. The minimum absolute atomic E-state index is 0.457. The molecule has 0 amide bonds. The summed E-state index contributed by atoms with van der Waals surface area (Å²) in [6, 6.07) is 0. The third-order valence-corrected chi connectivity index (χ3v) is 4.00. The van der Waals surface area contributed by atoms with Crippen LogP contribution >= 0.6 is 27.7 Å². The molecule has 17 heavy (non-hydrogen) atoms. The fraction of sp³-hybridized carbons (Fsp3) is 0.417. The molecular formula is C12H14BrNO2S. The SMILES string of the molecule is CCOc1noc(C2=CC=CC(C)S2)c1CBr. The van der Waals surface area contributed by atoms with Crippen molar-refractivity contribution in [3.63, 3.8) is 0 Å². The number of allylic oxidation sites excluding steroid dienone is 2. The lowest BCUT2D eigenvalue weighted by Gasteiger charge is -2.12. The fourth-order valence-electron chi connectivity index (χ4n) is 1.56. The van der Waals surface area contributed by atoms with Crippen molar-refractivity contribution in [2.24, 2.45) is 0 Å². The summed E-state index contributed by atoms with van der Waals surface area (Å²) >= 11 is 5.22. The zero-order valence-corrected chi connectivity index (χ0v) is 12.2. The van der Waals surface area contributed by atoms with Crippen LogP contribution in [0, 0.1) is 0 Å². The van der Waals surface area contributed by atoms with Crippen LogP contribution in [0.3, 0.4) is 0 Å². The predicted molar refractivity (Wildman–Crippen MR) is 74.5 cm³/mol. The maximum Gasteiger partial charge on any atom is 0.258 e. The summed E-state index contributed by atoms with van der Waals surface area (Å²) in [6.45, 7) is 4.68. The highest BCUT2D eigenvalue weighted by Gasteiger charge is 2.21. The van der Waals surface area contributed by atoms with E-state index in [1.807, 2.05) is 13.0 Å². The van der Waals surface area contributed by atoms with E-state index in [-0.39, 0.29) is 0 Å². The van der Waals surface area contributed by atoms with Gasteiger partial charge in [0.1, 0.15) is 0 Å². The van der Waals surface area contributed by atoms with Crippen molar-refractivity contribution in [2.75, 3.05) is 6.61 Å². The molecule has 1 aromatic rings. The number of thioether (sulfide) groups is 1. The highest BCUT2D eigenvalue weighted by molar-refractivity contribution is 9.08. The van der Waals surface area contributed by atoms with E-state index in [2.05, 4.69) is 40.2 Å². The quantitative estimate of drug-likeness (QED) is 0.787. The molecule has 1 aliphatic rings. The first kappa shape index (κ1) is 12.8. The van der Waals surface area contributed by atoms with E-state index in [0.29, 0.717) is 23.1 Å². The average Bonchev–Trinajstić information content (AvgIpc) is 2.72. The molecular weight excluding hydrogens is 302 g/mol. The maximum absolute atomic E-state index is 5.44. The second kappa shape index (κ2) is 5.78. The van der Waals surface area contributed by atoms with E-state index in [1.54, 1.807) is 11.8 Å². The van der Waals surface area contributed by atoms with Gasteiger partial charge in [0.05, 0.1) is 17.1 Å². The van der Waals surface area contributed by atoms with E-state index in [9.17, 15) is 0 Å². The molecule has 2 heterocycles. The van der Waals surface area contributed by atoms with Crippen molar-refractivity contribution in [3.05, 3.63) is 29.6 Å². The lowest BCUT2D eigenvalue weighted by Crippen LogP contribution is -1.97. The van der Waals surface area contributed by atoms with Gasteiger partial charge in [0.25, 0.3) is 5.88 Å². The normalized spacial score (nSPS) is 19.2. The zero-order valence-electron chi connectivity index (χ0n) is 9.77. The first-order chi connectivity index (χ1) is 8.26. The first-order valence-electron chi connectivity index (χ1n) is 5.49. The van der Waals surface area contributed by atoms with E-state index >= 15 is 0 Å². The molecule has 0 bridgehead atoms. The molecule has 3 nitrogen and oxygen atoms in total. The van der Waals surface area contributed by atoms with Crippen molar-refractivity contribution >= 4 is 32.6 Å². The summed E-state index contributed by atoms with van der Waals surface area (Å²) in [5.41, 5.74) is 0.980. The number of alkyl halides is 1. The van der Waals surface area contributed by atoms with Gasteiger partial charge in [0, 0.05) is 10.6 Å². The monoisotopic (exact) mass is 315 g/mol. The number of rotatable bonds is 4. The first-order valence-corrected chi connectivity index (χ1v) is 7.49. The Morgan fingerprint density at radius 2 is 2.41 bits per heavy atom. The molecule has 0 N–H and O–H groups in total. The smallest absolute Gasteiger partial charge is 0.258 e. The van der Waals surface area contributed by atoms with Crippen LogP contribution in [0.2, 0.25) is 0 Å². The topological polar surface area (TPSA) is 35.3 Å². The van der Waals surface area contributed by atoms with Gasteiger partial charge in [-0.2, -0.15) is 0 Å². The molecule has 0 aromatic carbocycles. The highest BCUT2D eigenvalue weighted by Crippen LogP contribution is 2.39. The van der Waals surface area contributed by atoms with E-state index in [0.717, 1.165) is 16.2 Å². The summed E-state index contributed by atoms with van der Waals surface area (Å²) in [6.07, 6.45) is 6.26. The van der Waals surface area contributed by atoms with E-state index in [1.165, 1.54) is 0 Å². The lowest BCUT2D eigenvalue weighted by molar-refractivity contribution is 0.293. The highest BCUT2D eigenvalue weighted by atomic mass is 79.9. The number of aromatic nitrogens is 1. The Morgan fingerprint density at radius 3 is 3.06 bits per heavy atom. The predicted octanol–water partition coefficient (Wildman–Crippen LogP) is 4.00. The number of ether oxygens (including phenoxy) is 1. The number of hydrogen-bond acceptors (Lipinski definition) is 4. The Hall–Kier alpha value is -0.680. The van der Waals surface area contributed by atoms with Gasteiger partial charge < -0.3 is 9.26 Å². The maximum atomic E-state index is 5.44. The van der Waals surface area contributed by atoms with Crippen LogP contribution < -0.4 is 4.74 Å². The van der Waals surface area contributed by atoms with Crippen molar-refractivity contribution in [1.82, 2.24) is 5.16 Å². The molecule has 1 aromatic heterocycles. The summed E-state index contributed by atoms with van der Waals surface area (Å²) in [4.78, 5) is 1.10. The van der Waals surface area contributed by atoms with Crippen LogP contribution in [0.15, 0.2) is 22.8 Å². The van der Waals surface area contributed by atoms with Gasteiger partial charge in [-0.05, 0) is 25.1 Å². The lowest BCUT2D eigenvalue weighted by atomic mass is 10.2. The van der Waals surface area contributed by atoms with Crippen LogP contribution in [0.5, 0.6) is 5.88 Å². The number of halogens is 1. The molecule has 2 rings (SSSR count). The Bertz CT molecular complexity index is 453. The molecule has 1 aliphatic heterocycles. The summed E-state index contributed by atoms with van der Waals surface area (Å²) < 4.78 is 10.8. The van der Waals surface area contributed by atoms with Crippen molar-refractivity contribution in [1.29, 1.82) is 0 Å². The Morgan fingerprint density at radius 1 is 1.59 bits per heavy atom. The molecule has 92 valence electrons. The van der Waals surface area contributed by atoms with Crippen LogP contribution in [0.4, 0.5) is 0 Å². The summed E-state index contributed by atoms with van der Waals surface area (Å²) in [5.74, 6) is 1.40. The molecule has 1 unspecified atom stereocenters. The Labute approximate surface area is 113 Å². The Kier molecular flexibility index (Phi) is 4.34. The van der Waals surface area contributed by atoms with Crippen LogP contribution in [0.1, 0.15) is 25.2 Å². The summed E-state index contributed by atoms with van der Waals surface area (Å²) in [5, 5.41) is 5.11. The largest absolute Gasteiger partial charge is 0.476 e. The minimum atomic E-state index is 0.457.